The van der Waals surface area contributed by atoms with Crippen LogP contribution in [0.4, 0.5) is 5.69 Å². The summed E-state index contributed by atoms with van der Waals surface area (Å²) in [6, 6.07) is 7.33. The van der Waals surface area contributed by atoms with Crippen molar-refractivity contribution in [3.05, 3.63) is 24.3 Å². The first-order valence-corrected chi connectivity index (χ1v) is 6.53. The van der Waals surface area contributed by atoms with Gasteiger partial charge in [-0.1, -0.05) is 0 Å². The second-order valence-corrected chi connectivity index (χ2v) is 4.77. The van der Waals surface area contributed by atoms with Gasteiger partial charge >= 0.3 is 0 Å². The molecular weight excluding hydrogens is 242 g/mol. The molecule has 1 amide bonds. The smallest absolute Gasteiger partial charge is 0.245 e. The summed E-state index contributed by atoms with van der Waals surface area (Å²) in [6.07, 6.45) is 0.949. The Kier molecular flexibility index (Phi) is 4.39. The number of anilines is 1. The van der Waals surface area contributed by atoms with Gasteiger partial charge in [-0.2, -0.15) is 0 Å². The van der Waals surface area contributed by atoms with Gasteiger partial charge in [-0.25, -0.2) is 0 Å². The van der Waals surface area contributed by atoms with Gasteiger partial charge in [0.15, 0.2) is 0 Å². The predicted molar refractivity (Wildman–Crippen MR) is 75.4 cm³/mol. The minimum atomic E-state index is -0.232. The Morgan fingerprint density at radius 3 is 2.58 bits per heavy atom. The fourth-order valence-corrected chi connectivity index (χ4v) is 2.41. The molecule has 1 aromatic rings. The quantitative estimate of drug-likeness (QED) is 0.871. The molecule has 1 saturated heterocycles. The predicted octanol–water partition coefficient (Wildman–Crippen LogP) is 0.691. The van der Waals surface area contributed by atoms with Gasteiger partial charge in [0.1, 0.15) is 11.8 Å². The normalized spacial score (nSPS) is 21.3. The summed E-state index contributed by atoms with van der Waals surface area (Å²) in [5.41, 5.74) is 6.63. The summed E-state index contributed by atoms with van der Waals surface area (Å²) >= 11 is 0. The molecule has 0 saturated carbocycles. The molecule has 104 valence electrons. The van der Waals surface area contributed by atoms with Gasteiger partial charge in [-0.05, 0) is 37.7 Å². The molecule has 19 heavy (non-hydrogen) atoms. The zero-order valence-electron chi connectivity index (χ0n) is 11.5. The number of nitrogens with zero attached hydrogens (tertiary/aromatic N) is 2. The molecule has 1 aromatic carbocycles. The summed E-state index contributed by atoms with van der Waals surface area (Å²) in [7, 11) is 3.58. The number of ether oxygens (including phenoxy) is 1. The van der Waals surface area contributed by atoms with Crippen LogP contribution in [0.2, 0.25) is 0 Å². The largest absolute Gasteiger partial charge is 0.497 e. The van der Waals surface area contributed by atoms with Crippen molar-refractivity contribution in [3.63, 3.8) is 0 Å². The summed E-state index contributed by atoms with van der Waals surface area (Å²) in [5, 5.41) is 0. The first-order valence-electron chi connectivity index (χ1n) is 6.53. The van der Waals surface area contributed by atoms with Gasteiger partial charge in [0.05, 0.1) is 7.11 Å². The number of hydrogen-bond donors (Lipinski definition) is 1. The Hall–Kier alpha value is -1.59. The van der Waals surface area contributed by atoms with Crippen LogP contribution >= 0.6 is 0 Å². The average molecular weight is 263 g/mol. The fourth-order valence-electron chi connectivity index (χ4n) is 2.41. The van der Waals surface area contributed by atoms with Crippen molar-refractivity contribution in [1.29, 1.82) is 0 Å². The van der Waals surface area contributed by atoms with Crippen LogP contribution in [0, 0.1) is 0 Å². The highest BCUT2D eigenvalue weighted by Gasteiger charge is 2.30. The number of carbonyl (C=O) groups is 1. The number of benzene rings is 1. The Labute approximate surface area is 113 Å². The van der Waals surface area contributed by atoms with Crippen molar-refractivity contribution >= 4 is 11.6 Å². The van der Waals surface area contributed by atoms with Crippen LogP contribution in [0.3, 0.4) is 0 Å². The molecule has 0 bridgehead atoms. The van der Waals surface area contributed by atoms with Crippen molar-refractivity contribution < 1.29 is 9.53 Å². The van der Waals surface area contributed by atoms with Crippen LogP contribution in [-0.2, 0) is 4.79 Å². The SMILES string of the molecule is COc1ccc(N2CCCN(C)C(CN)C2=O)cc1. The zero-order valence-corrected chi connectivity index (χ0v) is 11.5. The maximum absolute atomic E-state index is 12.5. The number of nitrogens with two attached hydrogens (primary N) is 1. The Balaban J connectivity index is 2.23. The Bertz CT molecular complexity index is 433. The fraction of sp³-hybridized carbons (Fsp3) is 0.500. The lowest BCUT2D eigenvalue weighted by atomic mass is 10.2. The first-order chi connectivity index (χ1) is 9.17. The van der Waals surface area contributed by atoms with Gasteiger partial charge in [0, 0.05) is 25.3 Å². The van der Waals surface area contributed by atoms with Crippen molar-refractivity contribution in [2.75, 3.05) is 38.7 Å². The lowest BCUT2D eigenvalue weighted by Crippen LogP contribution is -2.48. The average Bonchev–Trinajstić information content (AvgIpc) is 2.57. The van der Waals surface area contributed by atoms with Crippen LogP contribution in [0.25, 0.3) is 0 Å². The molecule has 2 rings (SSSR count). The van der Waals surface area contributed by atoms with E-state index in [-0.39, 0.29) is 11.9 Å². The van der Waals surface area contributed by atoms with Gasteiger partial charge in [0.2, 0.25) is 5.91 Å². The highest BCUT2D eigenvalue weighted by molar-refractivity contribution is 5.97. The van der Waals surface area contributed by atoms with Crippen LogP contribution in [-0.4, -0.2) is 50.6 Å². The summed E-state index contributed by atoms with van der Waals surface area (Å²) in [5.74, 6) is 0.867. The number of amides is 1. The summed E-state index contributed by atoms with van der Waals surface area (Å²) < 4.78 is 5.14. The van der Waals surface area contributed by atoms with Crippen molar-refractivity contribution in [1.82, 2.24) is 4.90 Å². The molecular formula is C14H21N3O2. The number of rotatable bonds is 3. The number of hydrogen-bond acceptors (Lipinski definition) is 4. The van der Waals surface area contributed by atoms with Crippen molar-refractivity contribution in [3.8, 4) is 5.75 Å². The maximum atomic E-state index is 12.5. The van der Waals surface area contributed by atoms with E-state index < -0.39 is 0 Å². The molecule has 0 radical (unpaired) electrons. The van der Waals surface area contributed by atoms with E-state index in [1.807, 2.05) is 41.1 Å². The van der Waals surface area contributed by atoms with Crippen LogP contribution in [0.5, 0.6) is 5.75 Å². The molecule has 0 aromatic heterocycles. The van der Waals surface area contributed by atoms with E-state index >= 15 is 0 Å². The monoisotopic (exact) mass is 263 g/mol. The van der Waals surface area contributed by atoms with E-state index in [2.05, 4.69) is 0 Å². The van der Waals surface area contributed by atoms with Gasteiger partial charge < -0.3 is 15.4 Å². The summed E-state index contributed by atoms with van der Waals surface area (Å²) in [6.45, 7) is 1.97. The Morgan fingerprint density at radius 2 is 2.00 bits per heavy atom. The van der Waals surface area contributed by atoms with E-state index in [0.29, 0.717) is 6.54 Å². The number of carbonyl (C=O) groups excluding carboxylic acids is 1. The molecule has 1 atom stereocenters. The van der Waals surface area contributed by atoms with Crippen LogP contribution in [0.15, 0.2) is 24.3 Å². The van der Waals surface area contributed by atoms with E-state index in [1.165, 1.54) is 0 Å². The minimum absolute atomic E-state index is 0.0765. The molecule has 0 aliphatic carbocycles. The molecule has 1 aliphatic rings. The lowest BCUT2D eigenvalue weighted by molar-refractivity contribution is -0.122. The summed E-state index contributed by atoms with van der Waals surface area (Å²) in [4.78, 5) is 16.4. The van der Waals surface area contributed by atoms with Gasteiger partial charge in [-0.3, -0.25) is 9.69 Å². The second-order valence-electron chi connectivity index (χ2n) is 4.77. The molecule has 1 fully saturated rings. The minimum Gasteiger partial charge on any atom is -0.497 e. The molecule has 1 unspecified atom stereocenters. The standard InChI is InChI=1S/C14H21N3O2/c1-16-8-3-9-17(14(18)13(16)10-15)11-4-6-12(19-2)7-5-11/h4-7,13H,3,8-10,15H2,1-2H3. The third-order valence-electron chi connectivity index (χ3n) is 3.58. The maximum Gasteiger partial charge on any atom is 0.245 e. The van der Waals surface area contributed by atoms with E-state index in [4.69, 9.17) is 10.5 Å². The Morgan fingerprint density at radius 1 is 1.32 bits per heavy atom. The van der Waals surface area contributed by atoms with E-state index in [0.717, 1.165) is 30.9 Å². The first kappa shape index (κ1) is 13.8. The third-order valence-corrected chi connectivity index (χ3v) is 3.58. The van der Waals surface area contributed by atoms with Gasteiger partial charge in [-0.15, -0.1) is 0 Å². The topological polar surface area (TPSA) is 58.8 Å². The van der Waals surface area contributed by atoms with Gasteiger partial charge in [0.25, 0.3) is 0 Å². The third kappa shape index (κ3) is 2.88. The molecule has 2 N–H and O–H groups in total. The molecule has 0 spiro atoms. The van der Waals surface area contributed by atoms with Crippen LogP contribution in [0.1, 0.15) is 6.42 Å². The van der Waals surface area contributed by atoms with Crippen molar-refractivity contribution in [2.24, 2.45) is 5.73 Å². The zero-order chi connectivity index (χ0) is 13.8. The number of likely N-dealkylation sites (N-methyl/N-ethyl adjacent to an activating group) is 1. The molecule has 5 nitrogen and oxygen atoms in total. The van der Waals surface area contributed by atoms with E-state index in [1.54, 1.807) is 7.11 Å². The molecule has 5 heteroatoms. The van der Waals surface area contributed by atoms with Crippen molar-refractivity contribution in [2.45, 2.75) is 12.5 Å². The lowest BCUT2D eigenvalue weighted by Gasteiger charge is -2.27. The van der Waals surface area contributed by atoms with Crippen LogP contribution < -0.4 is 15.4 Å². The molecule has 1 aliphatic heterocycles. The highest BCUT2D eigenvalue weighted by atomic mass is 16.5. The van der Waals surface area contributed by atoms with E-state index in [9.17, 15) is 4.79 Å². The number of methoxy groups -OCH3 is 1. The second kappa shape index (κ2) is 6.04. The molecule has 1 heterocycles. The highest BCUT2D eigenvalue weighted by Crippen LogP contribution is 2.22.